The van der Waals surface area contributed by atoms with Crippen molar-refractivity contribution < 1.29 is 18.0 Å². The molecule has 4 aromatic rings. The molecular formula is C37H43N3O4S. The molecule has 0 aliphatic heterocycles. The van der Waals surface area contributed by atoms with E-state index >= 15 is 0 Å². The number of anilines is 1. The molecule has 0 fully saturated rings. The Balaban J connectivity index is 1.82. The maximum Gasteiger partial charge on any atom is 0.264 e. The molecule has 4 rings (SSSR count). The highest BCUT2D eigenvalue weighted by molar-refractivity contribution is 7.92. The number of hydrogen-bond donors (Lipinski definition) is 1. The van der Waals surface area contributed by atoms with Crippen LogP contribution in [-0.2, 0) is 32.6 Å². The van der Waals surface area contributed by atoms with Crippen molar-refractivity contribution in [3.8, 4) is 0 Å². The first kappa shape index (κ1) is 33.5. The summed E-state index contributed by atoms with van der Waals surface area (Å²) in [7, 11) is -4.15. The van der Waals surface area contributed by atoms with E-state index in [9.17, 15) is 18.0 Å². The highest BCUT2D eigenvalue weighted by Crippen LogP contribution is 2.27. The SMILES string of the molecule is Cc1ccc(CN(C(=O)CN(c2cc(C)cc(C)c2)S(=O)(=O)c2ccc(C)cc2)C(Cc2ccccc2)C(=O)NC(C)C)cc1. The summed E-state index contributed by atoms with van der Waals surface area (Å²) < 4.78 is 29.6. The van der Waals surface area contributed by atoms with Crippen LogP contribution in [0.5, 0.6) is 0 Å². The molecule has 0 saturated heterocycles. The zero-order valence-electron chi connectivity index (χ0n) is 26.9. The third-order valence-corrected chi connectivity index (χ3v) is 9.35. The van der Waals surface area contributed by atoms with Gasteiger partial charge in [0.2, 0.25) is 11.8 Å². The summed E-state index contributed by atoms with van der Waals surface area (Å²) in [6.45, 7) is 11.1. The molecule has 4 aromatic carbocycles. The Morgan fingerprint density at radius 1 is 0.711 bits per heavy atom. The van der Waals surface area contributed by atoms with Gasteiger partial charge in [0, 0.05) is 19.0 Å². The second kappa shape index (κ2) is 14.6. The van der Waals surface area contributed by atoms with Crippen LogP contribution in [-0.4, -0.2) is 43.8 Å². The minimum atomic E-state index is -4.15. The second-order valence-electron chi connectivity index (χ2n) is 12.0. The molecule has 0 saturated carbocycles. The van der Waals surface area contributed by atoms with Gasteiger partial charge in [-0.15, -0.1) is 0 Å². The van der Waals surface area contributed by atoms with Crippen LogP contribution in [0.15, 0.2) is 102 Å². The molecule has 0 spiro atoms. The minimum absolute atomic E-state index is 0.0866. The van der Waals surface area contributed by atoms with Crippen molar-refractivity contribution in [1.82, 2.24) is 10.2 Å². The van der Waals surface area contributed by atoms with E-state index < -0.39 is 28.5 Å². The highest BCUT2D eigenvalue weighted by Gasteiger charge is 2.35. The molecule has 8 heteroatoms. The first-order valence-corrected chi connectivity index (χ1v) is 16.6. The molecule has 45 heavy (non-hydrogen) atoms. The standard InChI is InChI=1S/C37H43N3O4S/c1-26(2)38-37(42)35(23-31-10-8-7-9-11-31)39(24-32-16-12-27(3)13-17-32)36(41)25-40(33-21-29(5)20-30(6)22-33)45(43,44)34-18-14-28(4)15-19-34/h7-22,26,35H,23-25H2,1-6H3,(H,38,42). The highest BCUT2D eigenvalue weighted by atomic mass is 32.2. The minimum Gasteiger partial charge on any atom is -0.352 e. The molecule has 0 aliphatic carbocycles. The summed E-state index contributed by atoms with van der Waals surface area (Å²) >= 11 is 0. The molecule has 1 atom stereocenters. The summed E-state index contributed by atoms with van der Waals surface area (Å²) in [5, 5.41) is 2.99. The third-order valence-electron chi connectivity index (χ3n) is 7.56. The zero-order chi connectivity index (χ0) is 32.7. The second-order valence-corrected chi connectivity index (χ2v) is 13.9. The Bertz CT molecular complexity index is 1700. The molecule has 0 aliphatic rings. The Morgan fingerprint density at radius 2 is 1.27 bits per heavy atom. The molecule has 0 bridgehead atoms. The van der Waals surface area contributed by atoms with Gasteiger partial charge >= 0.3 is 0 Å². The van der Waals surface area contributed by atoms with Gasteiger partial charge in [-0.3, -0.25) is 13.9 Å². The fourth-order valence-corrected chi connectivity index (χ4v) is 6.68. The largest absolute Gasteiger partial charge is 0.352 e. The molecule has 7 nitrogen and oxygen atoms in total. The lowest BCUT2D eigenvalue weighted by molar-refractivity contribution is -0.140. The van der Waals surface area contributed by atoms with Gasteiger partial charge in [0.05, 0.1) is 10.6 Å². The van der Waals surface area contributed by atoms with Crippen LogP contribution in [0.4, 0.5) is 5.69 Å². The number of benzene rings is 4. The van der Waals surface area contributed by atoms with Crippen molar-refractivity contribution in [2.75, 3.05) is 10.8 Å². The van der Waals surface area contributed by atoms with Gasteiger partial charge in [0.25, 0.3) is 10.0 Å². The Kier molecular flexibility index (Phi) is 10.8. The first-order chi connectivity index (χ1) is 21.3. The van der Waals surface area contributed by atoms with E-state index in [4.69, 9.17) is 0 Å². The lowest BCUT2D eigenvalue weighted by atomic mass is 10.0. The maximum atomic E-state index is 14.6. The van der Waals surface area contributed by atoms with E-state index in [0.717, 1.165) is 33.4 Å². The van der Waals surface area contributed by atoms with Gasteiger partial charge in [0.15, 0.2) is 0 Å². The van der Waals surface area contributed by atoms with E-state index in [1.165, 1.54) is 9.21 Å². The first-order valence-electron chi connectivity index (χ1n) is 15.2. The average molecular weight is 626 g/mol. The quantitative estimate of drug-likeness (QED) is 0.201. The molecular weight excluding hydrogens is 582 g/mol. The summed E-state index contributed by atoms with van der Waals surface area (Å²) in [5.74, 6) is -0.779. The number of carbonyl (C=O) groups is 2. The number of amides is 2. The summed E-state index contributed by atoms with van der Waals surface area (Å²) in [6, 6.07) is 28.4. The van der Waals surface area contributed by atoms with Crippen molar-refractivity contribution in [1.29, 1.82) is 0 Å². The fraction of sp³-hybridized carbons (Fsp3) is 0.297. The van der Waals surface area contributed by atoms with Gasteiger partial charge in [0.1, 0.15) is 12.6 Å². The van der Waals surface area contributed by atoms with Gasteiger partial charge in [-0.1, -0.05) is 83.9 Å². The van der Waals surface area contributed by atoms with Crippen molar-refractivity contribution in [2.45, 2.75) is 71.5 Å². The van der Waals surface area contributed by atoms with Crippen LogP contribution in [0.2, 0.25) is 0 Å². The maximum absolute atomic E-state index is 14.6. The van der Waals surface area contributed by atoms with Crippen molar-refractivity contribution >= 4 is 27.5 Å². The number of carbonyl (C=O) groups excluding carboxylic acids is 2. The molecule has 0 radical (unpaired) electrons. The number of sulfonamides is 1. The van der Waals surface area contributed by atoms with Crippen LogP contribution >= 0.6 is 0 Å². The third kappa shape index (κ3) is 8.82. The van der Waals surface area contributed by atoms with E-state index in [0.29, 0.717) is 5.69 Å². The van der Waals surface area contributed by atoms with Gasteiger partial charge in [-0.25, -0.2) is 8.42 Å². The summed E-state index contributed by atoms with van der Waals surface area (Å²) in [5.41, 5.74) is 5.85. The summed E-state index contributed by atoms with van der Waals surface area (Å²) in [4.78, 5) is 30.0. The Morgan fingerprint density at radius 3 is 1.82 bits per heavy atom. The van der Waals surface area contributed by atoms with E-state index in [2.05, 4.69) is 5.32 Å². The summed E-state index contributed by atoms with van der Waals surface area (Å²) in [6.07, 6.45) is 0.269. The molecule has 236 valence electrons. The number of rotatable bonds is 12. The van der Waals surface area contributed by atoms with Crippen molar-refractivity contribution in [2.24, 2.45) is 0 Å². The predicted octanol–water partition coefficient (Wildman–Crippen LogP) is 6.28. The van der Waals surface area contributed by atoms with Crippen LogP contribution in [0, 0.1) is 27.7 Å². The van der Waals surface area contributed by atoms with Crippen LogP contribution < -0.4 is 9.62 Å². The predicted molar refractivity (Wildman–Crippen MR) is 181 cm³/mol. The van der Waals surface area contributed by atoms with Crippen LogP contribution in [0.1, 0.15) is 47.2 Å². The number of nitrogens with zero attached hydrogens (tertiary/aromatic N) is 2. The average Bonchev–Trinajstić information content (AvgIpc) is 2.98. The van der Waals surface area contributed by atoms with Crippen molar-refractivity contribution in [3.63, 3.8) is 0 Å². The van der Waals surface area contributed by atoms with E-state index in [-0.39, 0.29) is 29.8 Å². The van der Waals surface area contributed by atoms with Gasteiger partial charge in [-0.2, -0.15) is 0 Å². The molecule has 1 unspecified atom stereocenters. The van der Waals surface area contributed by atoms with E-state index in [1.807, 2.05) is 102 Å². The number of hydrogen-bond acceptors (Lipinski definition) is 4. The number of nitrogens with one attached hydrogen (secondary N) is 1. The fourth-order valence-electron chi connectivity index (χ4n) is 5.29. The smallest absolute Gasteiger partial charge is 0.264 e. The Labute approximate surface area is 268 Å². The van der Waals surface area contributed by atoms with Crippen LogP contribution in [0.3, 0.4) is 0 Å². The molecule has 1 N–H and O–H groups in total. The molecule has 0 heterocycles. The Hall–Kier alpha value is -4.43. The van der Waals surface area contributed by atoms with Gasteiger partial charge < -0.3 is 10.2 Å². The lowest BCUT2D eigenvalue weighted by Gasteiger charge is -2.34. The topological polar surface area (TPSA) is 86.8 Å². The molecule has 0 aromatic heterocycles. The van der Waals surface area contributed by atoms with Crippen molar-refractivity contribution in [3.05, 3.63) is 130 Å². The van der Waals surface area contributed by atoms with Crippen LogP contribution in [0.25, 0.3) is 0 Å². The lowest BCUT2D eigenvalue weighted by Crippen LogP contribution is -2.54. The normalized spacial score (nSPS) is 12.1. The zero-order valence-corrected chi connectivity index (χ0v) is 27.8. The monoisotopic (exact) mass is 625 g/mol. The van der Waals surface area contributed by atoms with E-state index in [1.54, 1.807) is 36.4 Å². The van der Waals surface area contributed by atoms with Gasteiger partial charge in [-0.05, 0) is 88.1 Å². The number of aryl methyl sites for hydroxylation is 4. The molecule has 2 amide bonds.